The zero-order valence-electron chi connectivity index (χ0n) is 75.0. The first-order valence-electron chi connectivity index (χ1n) is 44.7. The van der Waals surface area contributed by atoms with Crippen LogP contribution in [0.25, 0.3) is 89.7 Å². The van der Waals surface area contributed by atoms with Gasteiger partial charge in [0, 0.05) is 64.1 Å². The standard InChI is InChI=1S/C107H99N9O16.Zn/c1-64(102(120)126-58-71-28-13-7-14-29-71)45-77-52-85-86(53-78(77)46-65(2)103(121)127-59-72-30-15-8-16-31-72)98-111-96(85)109-94-83-42-41-70(27-25-26-40-93(119)132-116-91(117)43-44-92(116)118)51-84(83)95(108-94)110-97-87-54-79(47-66(3)104(122)128-60-73-32-17-9-18-33-73)80(48-67(4)105(123)129-61-74-34-19-10-20-35-74)55-88(87)99(112-97)114-101-90-57-82(50-69(6)107(125)131-63-76-38-23-12-24-39-76)81(56-89(90)100(113-98)115-101)49-68(5)106(124)130-62-75-36-21-11-22-37-75;/h7-24,28-39,41-42,51-57,64-69H,25-27,40,43-50,58-63H2,1-6H3;/q-2;+2. The van der Waals surface area contributed by atoms with Gasteiger partial charge in [0.2, 0.25) is 0 Å². The summed E-state index contributed by atoms with van der Waals surface area (Å²) >= 11 is 0. The van der Waals surface area contributed by atoms with Crippen molar-refractivity contribution in [2.24, 2.45) is 35.5 Å². The number of benzene rings is 10. The van der Waals surface area contributed by atoms with E-state index >= 15 is 0 Å². The molecule has 1 fully saturated rings. The zero-order chi connectivity index (χ0) is 91.9. The molecule has 2 amide bonds. The number of carbonyl (C=O) groups excluding carboxylic acids is 9. The Morgan fingerprint density at radius 3 is 0.820 bits per heavy atom. The number of hydrogen-bond donors (Lipinski definition) is 0. The van der Waals surface area contributed by atoms with Crippen molar-refractivity contribution >= 4 is 97.7 Å². The molecule has 26 heteroatoms. The Morgan fingerprint density at radius 1 is 0.301 bits per heavy atom. The van der Waals surface area contributed by atoms with Gasteiger partial charge in [-0.2, -0.15) is 0 Å². The van der Waals surface area contributed by atoms with Crippen molar-refractivity contribution in [2.45, 2.75) is 158 Å². The quantitative estimate of drug-likeness (QED) is 0.0116. The predicted molar refractivity (Wildman–Crippen MR) is 493 cm³/mol. The molecule has 1 saturated heterocycles. The number of ether oxygens (including phenoxy) is 6. The summed E-state index contributed by atoms with van der Waals surface area (Å²) in [5, 5.41) is 2.54. The first-order valence-corrected chi connectivity index (χ1v) is 44.7. The minimum atomic E-state index is -0.746. The molecule has 0 N–H and O–H groups in total. The molecule has 0 saturated carbocycles. The molecule has 133 heavy (non-hydrogen) atoms. The maximum absolute atomic E-state index is 14.4. The van der Waals surface area contributed by atoms with Crippen LogP contribution in [-0.4, -0.2) is 88.6 Å². The second-order valence-electron chi connectivity index (χ2n) is 34.3. The topological polar surface area (TPSA) is 327 Å². The van der Waals surface area contributed by atoms with Crippen LogP contribution in [0.4, 0.5) is 0 Å². The summed E-state index contributed by atoms with van der Waals surface area (Å²) in [5.41, 5.74) is 12.2. The third kappa shape index (κ3) is 23.1. The molecule has 0 spiro atoms. The van der Waals surface area contributed by atoms with Crippen LogP contribution >= 0.6 is 0 Å². The van der Waals surface area contributed by atoms with Crippen LogP contribution in [0.5, 0.6) is 0 Å². The third-order valence-corrected chi connectivity index (χ3v) is 23.9. The monoisotopic (exact) mass is 1830 g/mol. The second-order valence-corrected chi connectivity index (χ2v) is 34.3. The minimum absolute atomic E-state index is 0. The van der Waals surface area contributed by atoms with Gasteiger partial charge in [-0.15, -0.1) is 5.06 Å². The van der Waals surface area contributed by atoms with Crippen molar-refractivity contribution in [2.75, 3.05) is 0 Å². The first-order chi connectivity index (χ1) is 64.0. The van der Waals surface area contributed by atoms with E-state index in [1.165, 1.54) is 0 Å². The summed E-state index contributed by atoms with van der Waals surface area (Å²) < 4.78 is 36.0. The number of carbonyl (C=O) groups is 9. The number of nitrogens with zero attached hydrogens (tertiary/aromatic N) is 9. The summed E-state index contributed by atoms with van der Waals surface area (Å²) in [4.78, 5) is 173. The van der Waals surface area contributed by atoms with Crippen LogP contribution in [-0.2, 0) is 180 Å². The Bertz CT molecular complexity index is 6670. The van der Waals surface area contributed by atoms with Crippen molar-refractivity contribution in [3.05, 3.63) is 309 Å². The fourth-order valence-electron chi connectivity index (χ4n) is 16.5. The number of esters is 6. The number of amides is 2. The molecule has 3 aliphatic rings. The summed E-state index contributed by atoms with van der Waals surface area (Å²) in [6, 6.07) is 73.7. The van der Waals surface area contributed by atoms with E-state index in [0.717, 1.165) is 38.9 Å². The van der Waals surface area contributed by atoms with E-state index in [-0.39, 0.29) is 163 Å². The maximum Gasteiger partial charge on any atom is 2.00 e. The van der Waals surface area contributed by atoms with Crippen LogP contribution < -0.4 is 9.97 Å². The van der Waals surface area contributed by atoms with E-state index in [0.29, 0.717) is 102 Å². The number of unbranched alkanes of at least 4 members (excludes halogenated alkanes) is 1. The predicted octanol–water partition coefficient (Wildman–Crippen LogP) is 18.0. The fraction of sp³-hybridized carbons (Fsp3) is 0.280. The summed E-state index contributed by atoms with van der Waals surface area (Å²) in [5.74, 6) is -8.48. The van der Waals surface area contributed by atoms with Gasteiger partial charge in [-0.3, -0.25) is 38.4 Å². The van der Waals surface area contributed by atoms with Gasteiger partial charge in [-0.05, 0) is 188 Å². The Hall–Kier alpha value is -14.4. The summed E-state index contributed by atoms with van der Waals surface area (Å²) in [6.45, 7) is 11.0. The van der Waals surface area contributed by atoms with E-state index in [1.54, 1.807) is 41.5 Å². The molecule has 10 aromatic carbocycles. The van der Waals surface area contributed by atoms with Crippen LogP contribution in [0.1, 0.15) is 146 Å². The average molecular weight is 1830 g/mol. The second kappa shape index (κ2) is 43.1. The molecular weight excluding hydrogens is 1730 g/mol. The van der Waals surface area contributed by atoms with Gasteiger partial charge < -0.3 is 63.2 Å². The molecule has 6 unspecified atom stereocenters. The van der Waals surface area contributed by atoms with Gasteiger partial charge in [0.05, 0.1) is 58.8 Å². The van der Waals surface area contributed by atoms with E-state index in [1.807, 2.05) is 237 Å². The number of hydrogen-bond acceptors (Lipinski definition) is 22. The van der Waals surface area contributed by atoms with Crippen LogP contribution in [0, 0.1) is 35.5 Å². The number of imide groups is 1. The average Bonchev–Trinajstić information content (AvgIpc) is 1.59. The van der Waals surface area contributed by atoms with Gasteiger partial charge in [0.1, 0.15) is 39.6 Å². The van der Waals surface area contributed by atoms with E-state index in [2.05, 4.69) is 0 Å². The van der Waals surface area contributed by atoms with Crippen molar-refractivity contribution < 1.29 is 95.9 Å². The van der Waals surface area contributed by atoms with Gasteiger partial charge in [-0.25, -0.2) is 14.8 Å². The van der Waals surface area contributed by atoms with E-state index in [9.17, 15) is 43.2 Å². The SMILES string of the molecule is CC(Cc1cc2c(cc1CC(C)C(=O)OCc1ccccc1)-c1nc-2nc2[n-]c(nc3nc(nc4[n-]c(n1)c1cc(CC(C)C(=O)OCc5ccccc5)c(CC(C)C(=O)OCc5ccccc5)cc41)-c1cc(CC(C)C(=O)OCc4ccccc4)c(CC(C)C(=O)OCc4ccccc4)cc1-3)c1cc(CCCCC(=O)ON3C(=O)CCC3=O)ccc21)C(=O)OCc1ccccc1.[Zn+2]. The molecule has 670 valence electrons. The molecule has 0 aliphatic carbocycles. The molecular formula is C107H99N9O16Zn. The molecule has 3 aliphatic heterocycles. The Labute approximate surface area is 781 Å². The van der Waals surface area contributed by atoms with Crippen LogP contribution in [0.3, 0.4) is 0 Å². The van der Waals surface area contributed by atoms with Gasteiger partial charge in [-0.1, -0.05) is 242 Å². The molecule has 0 radical (unpaired) electrons. The van der Waals surface area contributed by atoms with Crippen LogP contribution in [0.15, 0.2) is 237 Å². The molecule has 6 heterocycles. The Balaban J connectivity index is 0.0000135. The maximum atomic E-state index is 14.4. The minimum Gasteiger partial charge on any atom is -0.461 e. The smallest absolute Gasteiger partial charge is 0.461 e. The Kier molecular flexibility index (Phi) is 30.2. The number of rotatable bonds is 36. The van der Waals surface area contributed by atoms with E-state index in [4.69, 9.17) is 73.1 Å². The molecule has 16 rings (SSSR count). The number of aromatic nitrogens is 8. The van der Waals surface area contributed by atoms with Gasteiger partial charge in [0.15, 0.2) is 0 Å². The molecule has 6 atom stereocenters. The number of aryl methyl sites for hydroxylation is 1. The van der Waals surface area contributed by atoms with Crippen LogP contribution in [0.2, 0.25) is 0 Å². The van der Waals surface area contributed by atoms with Crippen molar-refractivity contribution in [3.8, 4) is 45.6 Å². The number of fused-ring (bicyclic) bond motifs is 20. The zero-order valence-corrected chi connectivity index (χ0v) is 77.9. The third-order valence-electron chi connectivity index (χ3n) is 23.9. The van der Waals surface area contributed by atoms with Gasteiger partial charge >= 0.3 is 61.3 Å². The normalized spacial score (nSPS) is 13.4. The summed E-state index contributed by atoms with van der Waals surface area (Å²) in [7, 11) is 0. The fourth-order valence-corrected chi connectivity index (χ4v) is 16.5. The van der Waals surface area contributed by atoms with E-state index < -0.39 is 89.1 Å². The molecule has 25 nitrogen and oxygen atoms in total. The van der Waals surface area contributed by atoms with Crippen molar-refractivity contribution in [1.82, 2.24) is 44.9 Å². The largest absolute Gasteiger partial charge is 2.00 e. The first kappa shape index (κ1) is 93.3. The Morgan fingerprint density at radius 2 is 0.549 bits per heavy atom. The van der Waals surface area contributed by atoms with Gasteiger partial charge in [0.25, 0.3) is 11.8 Å². The van der Waals surface area contributed by atoms with Crippen molar-refractivity contribution in [1.29, 1.82) is 0 Å². The van der Waals surface area contributed by atoms with Crippen molar-refractivity contribution in [3.63, 3.8) is 0 Å². The number of hydroxylamine groups is 2. The molecule has 8 bridgehead atoms. The molecule has 13 aromatic rings. The molecule has 3 aromatic heterocycles. The summed E-state index contributed by atoms with van der Waals surface area (Å²) in [6.07, 6.45) is 1.87.